The fourth-order valence-corrected chi connectivity index (χ4v) is 3.16. The van der Waals surface area contributed by atoms with Gasteiger partial charge in [0.2, 0.25) is 0 Å². The molecule has 102 valence electrons. The summed E-state index contributed by atoms with van der Waals surface area (Å²) >= 11 is 0. The van der Waals surface area contributed by atoms with Gasteiger partial charge in [0.05, 0.1) is 0 Å². The van der Waals surface area contributed by atoms with Gasteiger partial charge in [-0.05, 0) is 30.1 Å². The molecule has 0 aliphatic rings. The second-order valence-electron chi connectivity index (χ2n) is 6.40. The van der Waals surface area contributed by atoms with Crippen LogP contribution in [0.4, 0.5) is 0 Å². The quantitative estimate of drug-likeness (QED) is 0.418. The van der Waals surface area contributed by atoms with Gasteiger partial charge in [-0.1, -0.05) is 79.4 Å². The second kappa shape index (κ2) is 7.95. The van der Waals surface area contributed by atoms with E-state index in [-0.39, 0.29) is 0 Å². The summed E-state index contributed by atoms with van der Waals surface area (Å²) in [6.45, 7) is 18.4. The van der Waals surface area contributed by atoms with E-state index >= 15 is 0 Å². The van der Waals surface area contributed by atoms with Gasteiger partial charge in [0.15, 0.2) is 0 Å². The Morgan fingerprint density at radius 3 is 2.12 bits per heavy atom. The first-order valence-corrected chi connectivity index (χ1v) is 7.56. The summed E-state index contributed by atoms with van der Waals surface area (Å²) in [5.74, 6) is 1.54. The van der Waals surface area contributed by atoms with Crippen LogP contribution < -0.4 is 0 Å². The van der Waals surface area contributed by atoms with Crippen molar-refractivity contribution in [3.05, 3.63) is 12.2 Å². The molecule has 0 aromatic carbocycles. The highest BCUT2D eigenvalue weighted by molar-refractivity contribution is 5.00. The predicted molar refractivity (Wildman–Crippen MR) is 80.3 cm³/mol. The molecular formula is C17H34. The molecule has 0 aromatic rings. The molecule has 0 spiro atoms. The third-order valence-corrected chi connectivity index (χ3v) is 4.34. The Morgan fingerprint density at radius 2 is 1.71 bits per heavy atom. The molecule has 0 radical (unpaired) electrons. The van der Waals surface area contributed by atoms with Crippen LogP contribution in [0.5, 0.6) is 0 Å². The maximum atomic E-state index is 4.26. The van der Waals surface area contributed by atoms with Crippen molar-refractivity contribution in [2.75, 3.05) is 0 Å². The van der Waals surface area contributed by atoms with E-state index in [9.17, 15) is 0 Å². The Labute approximate surface area is 110 Å². The summed E-state index contributed by atoms with van der Waals surface area (Å²) in [6.07, 6.45) is 7.72. The van der Waals surface area contributed by atoms with Crippen molar-refractivity contribution < 1.29 is 0 Å². The summed E-state index contributed by atoms with van der Waals surface area (Å²) in [5.41, 5.74) is 1.91. The highest BCUT2D eigenvalue weighted by Gasteiger charge is 2.29. The predicted octanol–water partition coefficient (Wildman–Crippen LogP) is 6.22. The van der Waals surface area contributed by atoms with Crippen LogP contribution in [0, 0.1) is 17.3 Å². The smallest absolute Gasteiger partial charge is 0.0229 e. The molecule has 0 saturated heterocycles. The van der Waals surface area contributed by atoms with E-state index in [0.29, 0.717) is 11.3 Å². The zero-order valence-corrected chi connectivity index (χ0v) is 13.1. The van der Waals surface area contributed by atoms with Gasteiger partial charge in [-0.25, -0.2) is 0 Å². The molecule has 0 rings (SSSR count). The van der Waals surface area contributed by atoms with Crippen molar-refractivity contribution in [3.63, 3.8) is 0 Å². The summed E-state index contributed by atoms with van der Waals surface area (Å²) in [7, 11) is 0. The van der Waals surface area contributed by atoms with Crippen LogP contribution in [0.15, 0.2) is 12.2 Å². The second-order valence-corrected chi connectivity index (χ2v) is 6.40. The minimum absolute atomic E-state index is 0.459. The molecule has 0 N–H and O–H groups in total. The molecule has 0 aliphatic heterocycles. The highest BCUT2D eigenvalue weighted by Crippen LogP contribution is 2.40. The van der Waals surface area contributed by atoms with Crippen molar-refractivity contribution in [3.8, 4) is 0 Å². The van der Waals surface area contributed by atoms with Gasteiger partial charge >= 0.3 is 0 Å². The lowest BCUT2D eigenvalue weighted by Gasteiger charge is -2.36. The molecule has 0 heteroatoms. The van der Waals surface area contributed by atoms with Crippen LogP contribution in [0.3, 0.4) is 0 Å². The maximum absolute atomic E-state index is 4.26. The topological polar surface area (TPSA) is 0 Å². The van der Waals surface area contributed by atoms with Crippen LogP contribution in [0.2, 0.25) is 0 Å². The summed E-state index contributed by atoms with van der Waals surface area (Å²) in [5, 5.41) is 0. The lowest BCUT2D eigenvalue weighted by molar-refractivity contribution is 0.157. The van der Waals surface area contributed by atoms with E-state index in [1.807, 2.05) is 0 Å². The first-order valence-electron chi connectivity index (χ1n) is 7.56. The Morgan fingerprint density at radius 1 is 1.12 bits per heavy atom. The molecule has 0 aliphatic carbocycles. The lowest BCUT2D eigenvalue weighted by atomic mass is 9.69. The van der Waals surface area contributed by atoms with E-state index in [4.69, 9.17) is 0 Å². The molecule has 2 atom stereocenters. The van der Waals surface area contributed by atoms with Gasteiger partial charge in [0, 0.05) is 0 Å². The normalized spacial score (nSPS) is 15.6. The van der Waals surface area contributed by atoms with E-state index < -0.39 is 0 Å². The Balaban J connectivity index is 4.44. The fraction of sp³-hybridized carbons (Fsp3) is 0.882. The molecule has 0 nitrogen and oxygen atoms in total. The molecule has 2 unspecified atom stereocenters. The van der Waals surface area contributed by atoms with Crippen LogP contribution in [-0.2, 0) is 0 Å². The molecule has 0 amide bonds. The number of rotatable bonds is 9. The van der Waals surface area contributed by atoms with Crippen molar-refractivity contribution in [1.29, 1.82) is 0 Å². The van der Waals surface area contributed by atoms with Crippen LogP contribution in [0.25, 0.3) is 0 Å². The molecule has 17 heavy (non-hydrogen) atoms. The minimum Gasteiger partial charge on any atom is -0.0996 e. The van der Waals surface area contributed by atoms with Crippen molar-refractivity contribution in [1.82, 2.24) is 0 Å². The Kier molecular flexibility index (Phi) is 7.83. The van der Waals surface area contributed by atoms with E-state index in [1.54, 1.807) is 0 Å². The van der Waals surface area contributed by atoms with E-state index in [1.165, 1.54) is 44.1 Å². The minimum atomic E-state index is 0.459. The zero-order valence-electron chi connectivity index (χ0n) is 13.1. The average Bonchev–Trinajstić information content (AvgIpc) is 2.25. The van der Waals surface area contributed by atoms with Crippen molar-refractivity contribution in [2.24, 2.45) is 17.3 Å². The number of allylic oxidation sites excluding steroid dienone is 1. The van der Waals surface area contributed by atoms with Crippen LogP contribution >= 0.6 is 0 Å². The fourth-order valence-electron chi connectivity index (χ4n) is 3.16. The highest BCUT2D eigenvalue weighted by atomic mass is 14.3. The molecule has 0 heterocycles. The van der Waals surface area contributed by atoms with Gasteiger partial charge in [-0.15, -0.1) is 0 Å². The molecule has 0 bridgehead atoms. The zero-order chi connectivity index (χ0) is 13.5. The van der Waals surface area contributed by atoms with Gasteiger partial charge < -0.3 is 0 Å². The van der Waals surface area contributed by atoms with Crippen LogP contribution in [-0.4, -0.2) is 0 Å². The third-order valence-electron chi connectivity index (χ3n) is 4.34. The van der Waals surface area contributed by atoms with Gasteiger partial charge in [0.1, 0.15) is 0 Å². The third kappa shape index (κ3) is 5.75. The molecule has 0 fully saturated rings. The first-order chi connectivity index (χ1) is 7.88. The number of hydrogen-bond acceptors (Lipinski definition) is 0. The molecular weight excluding hydrogens is 204 g/mol. The standard InChI is InChI=1S/C17H34/c1-8-11-14(4)15(5)13-17(6,7)16(10-3)12-9-2/h15-16H,4,8-13H2,1-3,5-7H3. The average molecular weight is 238 g/mol. The van der Waals surface area contributed by atoms with Gasteiger partial charge in [0.25, 0.3) is 0 Å². The Hall–Kier alpha value is -0.260. The summed E-state index contributed by atoms with van der Waals surface area (Å²) < 4.78 is 0. The van der Waals surface area contributed by atoms with Crippen molar-refractivity contribution in [2.45, 2.75) is 80.1 Å². The van der Waals surface area contributed by atoms with Crippen LogP contribution in [0.1, 0.15) is 80.1 Å². The van der Waals surface area contributed by atoms with E-state index in [2.05, 4.69) is 48.1 Å². The van der Waals surface area contributed by atoms with E-state index in [0.717, 1.165) is 5.92 Å². The molecule has 0 saturated carbocycles. The Bertz CT molecular complexity index is 212. The van der Waals surface area contributed by atoms with Gasteiger partial charge in [-0.3, -0.25) is 0 Å². The monoisotopic (exact) mass is 238 g/mol. The summed E-state index contributed by atoms with van der Waals surface area (Å²) in [4.78, 5) is 0. The SMILES string of the molecule is C=C(CCC)C(C)CC(C)(C)C(CC)CCC. The largest absolute Gasteiger partial charge is 0.0996 e. The maximum Gasteiger partial charge on any atom is -0.0229 e. The molecule has 0 aromatic heterocycles. The summed E-state index contributed by atoms with van der Waals surface area (Å²) in [6, 6.07) is 0. The number of hydrogen-bond donors (Lipinski definition) is 0. The van der Waals surface area contributed by atoms with Gasteiger partial charge in [-0.2, -0.15) is 0 Å². The first kappa shape index (κ1) is 16.7. The van der Waals surface area contributed by atoms with Crippen molar-refractivity contribution >= 4 is 0 Å². The lowest BCUT2D eigenvalue weighted by Crippen LogP contribution is -2.26.